The number of ether oxygens (including phenoxy) is 4. The fourth-order valence-electron chi connectivity index (χ4n) is 9.13. The molecule has 3 amide bonds. The maximum absolute atomic E-state index is 13.9. The van der Waals surface area contributed by atoms with E-state index in [2.05, 4.69) is 45.6 Å². The fourth-order valence-corrected chi connectivity index (χ4v) is 9.13. The highest BCUT2D eigenvalue weighted by molar-refractivity contribution is 5.87. The number of H-pyrrole nitrogens is 2. The monoisotopic (exact) mass is 793 g/mol. The average molecular weight is 794 g/mol. The second kappa shape index (κ2) is 15.4. The molecule has 0 spiro atoms. The van der Waals surface area contributed by atoms with Crippen LogP contribution in [0.25, 0.3) is 33.6 Å². The maximum Gasteiger partial charge on any atom is 0.410 e. The van der Waals surface area contributed by atoms with Crippen LogP contribution < -0.4 is 10.1 Å². The third kappa shape index (κ3) is 7.42. The molecule has 2 aromatic heterocycles. The van der Waals surface area contributed by atoms with Crippen molar-refractivity contribution in [1.82, 2.24) is 35.1 Å². The van der Waals surface area contributed by atoms with Crippen molar-refractivity contribution in [3.63, 3.8) is 0 Å². The second-order valence-corrected chi connectivity index (χ2v) is 17.5. The molecule has 0 saturated carbocycles. The Morgan fingerprint density at radius 2 is 1.79 bits per heavy atom. The van der Waals surface area contributed by atoms with Crippen molar-refractivity contribution in [3.8, 4) is 39.4 Å². The maximum atomic E-state index is 13.9. The van der Waals surface area contributed by atoms with E-state index in [1.165, 1.54) is 12.7 Å². The number of carbonyl (C=O) groups is 3. The Morgan fingerprint density at radius 1 is 0.983 bits per heavy atom. The van der Waals surface area contributed by atoms with Gasteiger partial charge < -0.3 is 39.1 Å². The molecule has 2 saturated heterocycles. The molecule has 3 aliphatic heterocycles. The lowest BCUT2D eigenvalue weighted by atomic mass is 9.86. The largest absolute Gasteiger partial charge is 0.488 e. The summed E-state index contributed by atoms with van der Waals surface area (Å²) in [6.07, 6.45) is 4.84. The molecule has 2 aromatic carbocycles. The van der Waals surface area contributed by atoms with Gasteiger partial charge in [-0.05, 0) is 106 Å². The van der Waals surface area contributed by atoms with Gasteiger partial charge in [0.2, 0.25) is 5.91 Å². The number of likely N-dealkylation sites (tertiary alicyclic amines) is 2. The number of methoxy groups -OCH3 is 2. The lowest BCUT2D eigenvalue weighted by Gasteiger charge is -2.32. The average Bonchev–Trinajstić information content (AvgIpc) is 4.00. The summed E-state index contributed by atoms with van der Waals surface area (Å²) in [6, 6.07) is 9.62. The molecule has 14 heteroatoms. The van der Waals surface area contributed by atoms with E-state index < -0.39 is 17.7 Å². The lowest BCUT2D eigenvalue weighted by Crippen LogP contribution is -2.52. The Morgan fingerprint density at radius 3 is 2.53 bits per heavy atom. The predicted octanol–water partition coefficient (Wildman–Crippen LogP) is 7.50. The molecule has 5 atom stereocenters. The van der Waals surface area contributed by atoms with Crippen molar-refractivity contribution in [2.24, 2.45) is 11.8 Å². The molecule has 5 heterocycles. The second-order valence-electron chi connectivity index (χ2n) is 17.5. The minimum atomic E-state index is -0.707. The molecule has 58 heavy (non-hydrogen) atoms. The summed E-state index contributed by atoms with van der Waals surface area (Å²) >= 11 is 0. The van der Waals surface area contributed by atoms with Gasteiger partial charge in [0.1, 0.15) is 35.6 Å². The minimum Gasteiger partial charge on any atom is -0.488 e. The summed E-state index contributed by atoms with van der Waals surface area (Å²) in [4.78, 5) is 60.0. The van der Waals surface area contributed by atoms with Gasteiger partial charge in [0.05, 0.1) is 49.1 Å². The van der Waals surface area contributed by atoms with Crippen LogP contribution in [0.15, 0.2) is 36.5 Å². The van der Waals surface area contributed by atoms with Gasteiger partial charge in [-0.3, -0.25) is 9.69 Å². The first-order valence-corrected chi connectivity index (χ1v) is 20.5. The summed E-state index contributed by atoms with van der Waals surface area (Å²) in [6.45, 7) is 13.0. The molecule has 0 radical (unpaired) electrons. The molecule has 14 nitrogen and oxygen atoms in total. The number of nitrogens with one attached hydrogen (secondary N) is 3. The van der Waals surface area contributed by atoms with E-state index in [0.29, 0.717) is 19.8 Å². The summed E-state index contributed by atoms with van der Waals surface area (Å²) in [5.74, 6) is 2.25. The number of amides is 3. The number of carbonyl (C=O) groups excluding carboxylic acids is 3. The van der Waals surface area contributed by atoms with E-state index >= 15 is 0 Å². The van der Waals surface area contributed by atoms with Gasteiger partial charge in [-0.1, -0.05) is 26.0 Å². The van der Waals surface area contributed by atoms with E-state index in [9.17, 15) is 14.4 Å². The third-order valence-electron chi connectivity index (χ3n) is 12.0. The van der Waals surface area contributed by atoms with Gasteiger partial charge in [0, 0.05) is 36.7 Å². The van der Waals surface area contributed by atoms with Crippen LogP contribution in [0.2, 0.25) is 0 Å². The molecule has 2 fully saturated rings. The summed E-state index contributed by atoms with van der Waals surface area (Å²) in [5.41, 5.74) is 8.78. The van der Waals surface area contributed by atoms with Crippen LogP contribution in [-0.2, 0) is 38.5 Å². The number of aromatic amines is 2. The summed E-state index contributed by atoms with van der Waals surface area (Å²) in [7, 11) is 2.99. The Bertz CT molecular complexity index is 2220. The van der Waals surface area contributed by atoms with Crippen LogP contribution in [0.1, 0.15) is 101 Å². The fraction of sp³-hybridized carbons (Fsp3) is 0.523. The number of aromatic nitrogens is 4. The van der Waals surface area contributed by atoms with E-state index in [-0.39, 0.29) is 42.0 Å². The first-order chi connectivity index (χ1) is 27.7. The van der Waals surface area contributed by atoms with Crippen molar-refractivity contribution in [2.75, 3.05) is 27.4 Å². The smallest absolute Gasteiger partial charge is 0.410 e. The normalized spacial score (nSPS) is 21.5. The Labute approximate surface area is 339 Å². The van der Waals surface area contributed by atoms with Crippen LogP contribution in [-0.4, -0.2) is 92.9 Å². The molecule has 308 valence electrons. The van der Waals surface area contributed by atoms with E-state index in [1.54, 1.807) is 12.0 Å². The summed E-state index contributed by atoms with van der Waals surface area (Å²) in [5, 5.41) is 2.73. The number of benzene rings is 2. The van der Waals surface area contributed by atoms with Crippen LogP contribution in [0, 0.1) is 11.8 Å². The number of fused-ring (bicyclic) bond motifs is 6. The Kier molecular flexibility index (Phi) is 10.5. The van der Waals surface area contributed by atoms with Crippen molar-refractivity contribution in [3.05, 3.63) is 65.0 Å². The molecular weight excluding hydrogens is 739 g/mol. The molecule has 4 aliphatic rings. The van der Waals surface area contributed by atoms with Crippen LogP contribution in [0.3, 0.4) is 0 Å². The third-order valence-corrected chi connectivity index (χ3v) is 12.0. The van der Waals surface area contributed by atoms with E-state index in [1.807, 2.05) is 52.6 Å². The molecule has 3 N–H and O–H groups in total. The van der Waals surface area contributed by atoms with Crippen molar-refractivity contribution >= 4 is 18.1 Å². The lowest BCUT2D eigenvalue weighted by molar-refractivity contribution is -0.137. The SMILES string of the molecule is COC[C@H]1C[C@@H](c2nc3c([nH]2)-c2cc4c(cc2CC3)-c2ccc(-c3cnc([C@@H]5CC[C@H](C)N5C(=O)[C@@H](NC(=O)OC)C(C)C)[nH]3)cc2CO4)N(C(=O)OC(C)(C)C)C1. The Balaban J connectivity index is 1.03. The van der Waals surface area contributed by atoms with Crippen molar-refractivity contribution < 1.29 is 33.3 Å². The zero-order chi connectivity index (χ0) is 41.0. The minimum absolute atomic E-state index is 0.00368. The van der Waals surface area contributed by atoms with Gasteiger partial charge in [-0.15, -0.1) is 0 Å². The number of alkyl carbamates (subject to hydrolysis) is 1. The number of hydrogen-bond donors (Lipinski definition) is 3. The van der Waals surface area contributed by atoms with Gasteiger partial charge >= 0.3 is 12.2 Å². The molecule has 4 aromatic rings. The van der Waals surface area contributed by atoms with Crippen molar-refractivity contribution in [2.45, 2.75) is 110 Å². The van der Waals surface area contributed by atoms with E-state index in [0.717, 1.165) is 94.4 Å². The predicted molar refractivity (Wildman–Crippen MR) is 217 cm³/mol. The van der Waals surface area contributed by atoms with Gasteiger partial charge in [-0.25, -0.2) is 19.6 Å². The Hall–Kier alpha value is -5.37. The number of aryl methyl sites for hydroxylation is 2. The first kappa shape index (κ1) is 39.5. The highest BCUT2D eigenvalue weighted by Crippen LogP contribution is 2.46. The van der Waals surface area contributed by atoms with Crippen LogP contribution >= 0.6 is 0 Å². The molecular formula is C44H55N7O7. The highest BCUT2D eigenvalue weighted by atomic mass is 16.6. The van der Waals surface area contributed by atoms with E-state index in [4.69, 9.17) is 28.9 Å². The van der Waals surface area contributed by atoms with Gasteiger partial charge in [0.25, 0.3) is 0 Å². The van der Waals surface area contributed by atoms with Gasteiger partial charge in [-0.2, -0.15) is 0 Å². The molecule has 0 unspecified atom stereocenters. The first-order valence-electron chi connectivity index (χ1n) is 20.5. The number of rotatable bonds is 8. The van der Waals surface area contributed by atoms with Crippen molar-refractivity contribution in [1.29, 1.82) is 0 Å². The molecule has 8 rings (SSSR count). The zero-order valence-corrected chi connectivity index (χ0v) is 34.7. The number of imidazole rings is 2. The highest BCUT2D eigenvalue weighted by Gasteiger charge is 2.42. The summed E-state index contributed by atoms with van der Waals surface area (Å²) < 4.78 is 22.5. The quantitative estimate of drug-likeness (QED) is 0.164. The zero-order valence-electron chi connectivity index (χ0n) is 34.7. The number of hydrogen-bond acceptors (Lipinski definition) is 9. The topological polar surface area (TPSA) is 164 Å². The number of nitrogens with zero attached hydrogens (tertiary/aromatic N) is 4. The molecule has 0 bridgehead atoms. The molecule has 1 aliphatic carbocycles. The van der Waals surface area contributed by atoms with Crippen LogP contribution in [0.5, 0.6) is 5.75 Å². The standard InChI is InChI=1S/C44H55N7O7/c1-23(2)37(49-42(53)56-8)41(52)51-24(3)9-14-34(51)39-45-19-33(47-39)27-10-12-29-28(16-27)22-57-36-18-30-26(17-31(29)36)11-13-32-38(30)48-40(46-32)35-15-25(21-55-7)20-50(35)43(54)58-44(4,5)6/h10,12,16-19,23-25,34-35,37H,9,11,13-15,20-22H2,1-8H3,(H,45,47)(H,46,48)(H,49,53)/t24-,25-,34-,35-,37-/m0/s1. The van der Waals surface area contributed by atoms with Gasteiger partial charge in [0.15, 0.2) is 0 Å². The van der Waals surface area contributed by atoms with Crippen LogP contribution in [0.4, 0.5) is 9.59 Å².